The zero-order chi connectivity index (χ0) is 15.2. The predicted octanol–water partition coefficient (Wildman–Crippen LogP) is 0.694. The minimum Gasteiger partial charge on any atom is -0.356 e. The molecular formula is C13H18N2O4S. The van der Waals surface area contributed by atoms with E-state index in [4.69, 9.17) is 0 Å². The summed E-state index contributed by atoms with van der Waals surface area (Å²) in [7, 11) is -3.63. The lowest BCUT2D eigenvalue weighted by atomic mass is 10.2. The summed E-state index contributed by atoms with van der Waals surface area (Å²) >= 11 is 0. The first-order valence-electron chi connectivity index (χ1n) is 6.18. The van der Waals surface area contributed by atoms with Gasteiger partial charge in [0.15, 0.2) is 5.78 Å². The number of ketones is 1. The number of sulfonamides is 1. The Morgan fingerprint density at radius 1 is 1.15 bits per heavy atom. The summed E-state index contributed by atoms with van der Waals surface area (Å²) in [5, 5.41) is 2.58. The second-order valence-electron chi connectivity index (χ2n) is 4.32. The minimum atomic E-state index is -3.63. The number of carbonyl (C=O) groups is 2. The van der Waals surface area contributed by atoms with E-state index in [0.717, 1.165) is 0 Å². The Balaban J connectivity index is 2.62. The fraction of sp³-hybridized carbons (Fsp3) is 0.385. The second-order valence-corrected chi connectivity index (χ2v) is 6.09. The molecule has 20 heavy (non-hydrogen) atoms. The van der Waals surface area contributed by atoms with Gasteiger partial charge in [0.1, 0.15) is 0 Å². The molecule has 0 bridgehead atoms. The van der Waals surface area contributed by atoms with Gasteiger partial charge in [-0.2, -0.15) is 0 Å². The Bertz CT molecular complexity index is 596. The highest BCUT2D eigenvalue weighted by atomic mass is 32.2. The molecule has 0 fully saturated rings. The smallest absolute Gasteiger partial charge is 0.240 e. The Kier molecular flexibility index (Phi) is 5.84. The van der Waals surface area contributed by atoms with E-state index >= 15 is 0 Å². The lowest BCUT2D eigenvalue weighted by Crippen LogP contribution is -2.29. The van der Waals surface area contributed by atoms with E-state index in [0.29, 0.717) is 18.5 Å². The van der Waals surface area contributed by atoms with Crippen molar-refractivity contribution in [3.8, 4) is 0 Å². The molecule has 0 aliphatic carbocycles. The summed E-state index contributed by atoms with van der Waals surface area (Å²) in [6, 6.07) is 5.88. The summed E-state index contributed by atoms with van der Waals surface area (Å²) < 4.78 is 26.4. The molecule has 2 N–H and O–H groups in total. The summed E-state index contributed by atoms with van der Waals surface area (Å²) in [4.78, 5) is 21.9. The molecule has 0 unspecified atom stereocenters. The van der Waals surface area contributed by atoms with Crippen molar-refractivity contribution in [2.24, 2.45) is 0 Å². The third-order valence-corrected chi connectivity index (χ3v) is 4.03. The fourth-order valence-electron chi connectivity index (χ4n) is 1.52. The molecule has 0 heterocycles. The van der Waals surface area contributed by atoms with Crippen LogP contribution in [0, 0.1) is 0 Å². The van der Waals surface area contributed by atoms with Gasteiger partial charge in [0.25, 0.3) is 0 Å². The van der Waals surface area contributed by atoms with Crippen molar-refractivity contribution in [1.82, 2.24) is 10.0 Å². The van der Waals surface area contributed by atoms with Crippen molar-refractivity contribution in [1.29, 1.82) is 0 Å². The number of carbonyl (C=O) groups excluding carboxylic acids is 2. The van der Waals surface area contributed by atoms with E-state index in [1.165, 1.54) is 32.0 Å². The molecule has 0 aliphatic rings. The van der Waals surface area contributed by atoms with Crippen LogP contribution in [0.4, 0.5) is 0 Å². The molecule has 110 valence electrons. The van der Waals surface area contributed by atoms with Gasteiger partial charge in [0.05, 0.1) is 4.90 Å². The highest BCUT2D eigenvalue weighted by molar-refractivity contribution is 7.89. The van der Waals surface area contributed by atoms with Gasteiger partial charge in [-0.25, -0.2) is 13.1 Å². The van der Waals surface area contributed by atoms with E-state index in [-0.39, 0.29) is 23.1 Å². The third kappa shape index (κ3) is 5.10. The first-order chi connectivity index (χ1) is 9.33. The highest BCUT2D eigenvalue weighted by Crippen LogP contribution is 2.11. The van der Waals surface area contributed by atoms with Crippen molar-refractivity contribution in [3.05, 3.63) is 29.8 Å². The number of hydrogen-bond donors (Lipinski definition) is 2. The van der Waals surface area contributed by atoms with Crippen LogP contribution in [0.25, 0.3) is 0 Å². The first-order valence-corrected chi connectivity index (χ1v) is 7.66. The van der Waals surface area contributed by atoms with Crippen molar-refractivity contribution in [2.45, 2.75) is 25.2 Å². The van der Waals surface area contributed by atoms with Gasteiger partial charge in [-0.1, -0.05) is 12.1 Å². The number of amides is 1. The molecule has 0 atom stereocenters. The normalized spacial score (nSPS) is 11.1. The van der Waals surface area contributed by atoms with Crippen molar-refractivity contribution < 1.29 is 18.0 Å². The second kappa shape index (κ2) is 7.16. The van der Waals surface area contributed by atoms with Gasteiger partial charge in [-0.3, -0.25) is 9.59 Å². The van der Waals surface area contributed by atoms with Crippen LogP contribution in [-0.2, 0) is 14.8 Å². The van der Waals surface area contributed by atoms with E-state index in [1.807, 2.05) is 0 Å². The molecule has 0 radical (unpaired) electrons. The van der Waals surface area contributed by atoms with Crippen LogP contribution in [0.1, 0.15) is 30.6 Å². The molecular weight excluding hydrogens is 280 g/mol. The van der Waals surface area contributed by atoms with E-state index < -0.39 is 10.0 Å². The standard InChI is InChI=1S/C13H18N2O4S/c1-10(16)12-5-3-6-13(9-12)20(18,19)15-8-4-7-14-11(2)17/h3,5-6,9,15H,4,7-8H2,1-2H3,(H,14,17). The number of benzene rings is 1. The molecule has 1 aromatic rings. The topological polar surface area (TPSA) is 92.3 Å². The van der Waals surface area contributed by atoms with Gasteiger partial charge in [0.2, 0.25) is 15.9 Å². The number of Topliss-reactive ketones (excluding diaryl/α,β-unsaturated/α-hetero) is 1. The average Bonchev–Trinajstić information content (AvgIpc) is 2.38. The lowest BCUT2D eigenvalue weighted by Gasteiger charge is -2.08. The van der Waals surface area contributed by atoms with Gasteiger partial charge < -0.3 is 5.32 Å². The van der Waals surface area contributed by atoms with E-state index in [9.17, 15) is 18.0 Å². The van der Waals surface area contributed by atoms with Crippen LogP contribution in [0.2, 0.25) is 0 Å². The number of nitrogens with one attached hydrogen (secondary N) is 2. The molecule has 1 amide bonds. The molecule has 0 aromatic heterocycles. The number of rotatable bonds is 7. The predicted molar refractivity (Wildman–Crippen MR) is 74.9 cm³/mol. The molecule has 6 nitrogen and oxygen atoms in total. The zero-order valence-electron chi connectivity index (χ0n) is 11.5. The summed E-state index contributed by atoms with van der Waals surface area (Å²) in [6.45, 7) is 3.41. The molecule has 0 aliphatic heterocycles. The zero-order valence-corrected chi connectivity index (χ0v) is 12.3. The van der Waals surface area contributed by atoms with Gasteiger partial charge in [0, 0.05) is 25.6 Å². The molecule has 0 spiro atoms. The summed E-state index contributed by atoms with van der Waals surface area (Å²) in [5.74, 6) is -0.338. The molecule has 1 aromatic carbocycles. The van der Waals surface area contributed by atoms with Crippen LogP contribution in [0.15, 0.2) is 29.2 Å². The maximum Gasteiger partial charge on any atom is 0.240 e. The quantitative estimate of drug-likeness (QED) is 0.572. The monoisotopic (exact) mass is 298 g/mol. The maximum atomic E-state index is 12.0. The summed E-state index contributed by atoms with van der Waals surface area (Å²) in [6.07, 6.45) is 0.491. The highest BCUT2D eigenvalue weighted by Gasteiger charge is 2.14. The van der Waals surface area contributed by atoms with Gasteiger partial charge in [-0.15, -0.1) is 0 Å². The van der Waals surface area contributed by atoms with Crippen LogP contribution >= 0.6 is 0 Å². The van der Waals surface area contributed by atoms with Gasteiger partial charge in [-0.05, 0) is 25.5 Å². The lowest BCUT2D eigenvalue weighted by molar-refractivity contribution is -0.118. The Labute approximate surface area is 118 Å². The Morgan fingerprint density at radius 2 is 1.85 bits per heavy atom. The first kappa shape index (κ1) is 16.3. The SMILES string of the molecule is CC(=O)NCCCNS(=O)(=O)c1cccc(C(C)=O)c1. The molecule has 0 saturated carbocycles. The van der Waals surface area contributed by atoms with Crippen molar-refractivity contribution >= 4 is 21.7 Å². The van der Waals surface area contributed by atoms with Crippen molar-refractivity contribution in [3.63, 3.8) is 0 Å². The molecule has 0 saturated heterocycles. The Hall–Kier alpha value is -1.73. The molecule has 7 heteroatoms. The number of hydrogen-bond acceptors (Lipinski definition) is 4. The van der Waals surface area contributed by atoms with Gasteiger partial charge >= 0.3 is 0 Å². The third-order valence-electron chi connectivity index (χ3n) is 2.57. The van der Waals surface area contributed by atoms with Crippen LogP contribution in [-0.4, -0.2) is 33.2 Å². The van der Waals surface area contributed by atoms with Crippen molar-refractivity contribution in [2.75, 3.05) is 13.1 Å². The van der Waals surface area contributed by atoms with E-state index in [2.05, 4.69) is 10.0 Å². The summed E-state index contributed by atoms with van der Waals surface area (Å²) in [5.41, 5.74) is 0.353. The Morgan fingerprint density at radius 3 is 2.45 bits per heavy atom. The van der Waals surface area contributed by atoms with Crippen LogP contribution in [0.5, 0.6) is 0 Å². The fourth-order valence-corrected chi connectivity index (χ4v) is 2.64. The average molecular weight is 298 g/mol. The maximum absolute atomic E-state index is 12.0. The largest absolute Gasteiger partial charge is 0.356 e. The van der Waals surface area contributed by atoms with Crippen LogP contribution in [0.3, 0.4) is 0 Å². The van der Waals surface area contributed by atoms with E-state index in [1.54, 1.807) is 6.07 Å². The minimum absolute atomic E-state index is 0.0599. The molecule has 1 rings (SSSR count). The van der Waals surface area contributed by atoms with Crippen LogP contribution < -0.4 is 10.0 Å².